The van der Waals surface area contributed by atoms with Crippen molar-refractivity contribution in [1.82, 2.24) is 0 Å². The molecule has 260 valence electrons. The molecule has 0 aliphatic carbocycles. The predicted molar refractivity (Wildman–Crippen MR) is 192 cm³/mol. The Morgan fingerprint density at radius 1 is 0.568 bits per heavy atom. The Morgan fingerprint density at radius 2 is 0.909 bits per heavy atom. The number of hydrogen-bond acceptors (Lipinski definition) is 4. The molecule has 0 N–H and O–H groups in total. The maximum atomic E-state index is 12.3. The largest absolute Gasteiger partial charge is 0.478 e. The van der Waals surface area contributed by atoms with Gasteiger partial charge in [0.25, 0.3) is 0 Å². The van der Waals surface area contributed by atoms with Crippen LogP contribution in [0.1, 0.15) is 226 Å². The van der Waals surface area contributed by atoms with Gasteiger partial charge in [-0.1, -0.05) is 194 Å². The number of carbonyl (C=O) groups is 1. The summed E-state index contributed by atoms with van der Waals surface area (Å²) in [4.78, 5) is 17.1. The van der Waals surface area contributed by atoms with Gasteiger partial charge in [-0.05, 0) is 19.8 Å². The lowest BCUT2D eigenvalue weighted by molar-refractivity contribution is -0.145. The SMILES string of the molecule is CCCCCCCCCCCCCCCCCC(=O)OCC1(C)COC(CCCCCCCCCCCCCCCCC)=N1. The van der Waals surface area contributed by atoms with Crippen LogP contribution in [0.25, 0.3) is 0 Å². The molecule has 44 heavy (non-hydrogen) atoms. The van der Waals surface area contributed by atoms with E-state index < -0.39 is 5.54 Å². The third-order valence-corrected chi connectivity index (χ3v) is 9.47. The van der Waals surface area contributed by atoms with E-state index in [4.69, 9.17) is 14.5 Å². The minimum Gasteiger partial charge on any atom is -0.478 e. The summed E-state index contributed by atoms with van der Waals surface area (Å²) in [7, 11) is 0. The van der Waals surface area contributed by atoms with Gasteiger partial charge in [0.1, 0.15) is 18.8 Å². The molecule has 4 nitrogen and oxygen atoms in total. The summed E-state index contributed by atoms with van der Waals surface area (Å²) in [6.45, 7) is 7.50. The number of esters is 1. The van der Waals surface area contributed by atoms with Crippen molar-refractivity contribution in [3.63, 3.8) is 0 Å². The smallest absolute Gasteiger partial charge is 0.305 e. The zero-order valence-electron chi connectivity index (χ0n) is 30.2. The maximum absolute atomic E-state index is 12.3. The number of hydrogen-bond donors (Lipinski definition) is 0. The van der Waals surface area contributed by atoms with Crippen LogP contribution in [0.15, 0.2) is 4.99 Å². The van der Waals surface area contributed by atoms with Crippen LogP contribution in [0.3, 0.4) is 0 Å². The van der Waals surface area contributed by atoms with Crippen LogP contribution in [-0.4, -0.2) is 30.6 Å². The van der Waals surface area contributed by atoms with E-state index in [2.05, 4.69) is 13.8 Å². The van der Waals surface area contributed by atoms with Crippen LogP contribution < -0.4 is 0 Å². The Balaban J connectivity index is 1.89. The van der Waals surface area contributed by atoms with Gasteiger partial charge in [0.15, 0.2) is 5.90 Å². The number of ether oxygens (including phenoxy) is 2. The number of nitrogens with zero attached hydrogens (tertiary/aromatic N) is 1. The van der Waals surface area contributed by atoms with Crippen molar-refractivity contribution in [2.24, 2.45) is 4.99 Å². The molecule has 0 saturated carbocycles. The van der Waals surface area contributed by atoms with E-state index in [0.717, 1.165) is 31.6 Å². The monoisotopic (exact) mass is 620 g/mol. The molecule has 1 rings (SSSR count). The van der Waals surface area contributed by atoms with E-state index in [1.54, 1.807) is 0 Å². The van der Waals surface area contributed by atoms with Crippen molar-refractivity contribution in [2.75, 3.05) is 13.2 Å². The first kappa shape index (κ1) is 41.0. The van der Waals surface area contributed by atoms with E-state index >= 15 is 0 Å². The van der Waals surface area contributed by atoms with E-state index in [-0.39, 0.29) is 5.97 Å². The first-order valence-electron chi connectivity index (χ1n) is 20.0. The molecule has 0 amide bonds. The fourth-order valence-electron chi connectivity index (χ4n) is 6.40. The minimum atomic E-state index is -0.407. The fourth-order valence-corrected chi connectivity index (χ4v) is 6.40. The van der Waals surface area contributed by atoms with Gasteiger partial charge in [0, 0.05) is 12.8 Å². The van der Waals surface area contributed by atoms with Crippen molar-refractivity contribution in [3.05, 3.63) is 0 Å². The fraction of sp³-hybridized carbons (Fsp3) is 0.950. The van der Waals surface area contributed by atoms with Crippen LogP contribution in [0, 0.1) is 0 Å². The second-order valence-electron chi connectivity index (χ2n) is 14.4. The highest BCUT2D eigenvalue weighted by Gasteiger charge is 2.33. The van der Waals surface area contributed by atoms with Crippen molar-refractivity contribution in [1.29, 1.82) is 0 Å². The molecular formula is C40H77NO3. The normalized spacial score (nSPS) is 16.3. The molecule has 0 radical (unpaired) electrons. The second-order valence-corrected chi connectivity index (χ2v) is 14.4. The van der Waals surface area contributed by atoms with E-state index in [1.165, 1.54) is 173 Å². The summed E-state index contributed by atoms with van der Waals surface area (Å²) in [5.74, 6) is 0.785. The molecule has 0 aromatic heterocycles. The summed E-state index contributed by atoms with van der Waals surface area (Å²) in [6, 6.07) is 0. The van der Waals surface area contributed by atoms with Gasteiger partial charge in [-0.2, -0.15) is 0 Å². The molecule has 1 unspecified atom stereocenters. The van der Waals surface area contributed by atoms with E-state index in [0.29, 0.717) is 19.6 Å². The van der Waals surface area contributed by atoms with Crippen LogP contribution in [-0.2, 0) is 14.3 Å². The summed E-state index contributed by atoms with van der Waals surface area (Å²) in [5.41, 5.74) is -0.407. The van der Waals surface area contributed by atoms with Gasteiger partial charge < -0.3 is 9.47 Å². The predicted octanol–water partition coefficient (Wildman–Crippen LogP) is 13.2. The molecular weight excluding hydrogens is 542 g/mol. The van der Waals surface area contributed by atoms with Crippen molar-refractivity contribution in [3.8, 4) is 0 Å². The summed E-state index contributed by atoms with van der Waals surface area (Å²) in [6.07, 6.45) is 42.2. The van der Waals surface area contributed by atoms with Gasteiger partial charge >= 0.3 is 5.97 Å². The Hall–Kier alpha value is -1.06. The van der Waals surface area contributed by atoms with E-state index in [1.807, 2.05) is 6.92 Å². The number of rotatable bonds is 34. The molecule has 0 aromatic carbocycles. The molecule has 0 bridgehead atoms. The molecule has 1 aliphatic heterocycles. The van der Waals surface area contributed by atoms with Crippen molar-refractivity contribution < 1.29 is 14.3 Å². The summed E-state index contributed by atoms with van der Waals surface area (Å²) < 4.78 is 11.5. The molecule has 4 heteroatoms. The lowest BCUT2D eigenvalue weighted by atomic mass is 10.0. The average Bonchev–Trinajstić information content (AvgIpc) is 3.40. The van der Waals surface area contributed by atoms with Gasteiger partial charge in [0.2, 0.25) is 0 Å². The molecule has 0 fully saturated rings. The van der Waals surface area contributed by atoms with Gasteiger partial charge in [-0.15, -0.1) is 0 Å². The van der Waals surface area contributed by atoms with Crippen molar-refractivity contribution in [2.45, 2.75) is 232 Å². The van der Waals surface area contributed by atoms with Gasteiger partial charge in [-0.3, -0.25) is 4.79 Å². The first-order valence-corrected chi connectivity index (χ1v) is 20.0. The minimum absolute atomic E-state index is 0.0769. The molecule has 1 aliphatic rings. The average molecular weight is 620 g/mol. The second kappa shape index (κ2) is 30.6. The molecule has 0 aromatic rings. The number of aliphatic imine (C=N–C) groups is 1. The molecule has 0 spiro atoms. The van der Waals surface area contributed by atoms with Crippen LogP contribution in [0.5, 0.6) is 0 Å². The van der Waals surface area contributed by atoms with Crippen LogP contribution in [0.4, 0.5) is 0 Å². The third-order valence-electron chi connectivity index (χ3n) is 9.47. The maximum Gasteiger partial charge on any atom is 0.305 e. The molecule has 1 atom stereocenters. The lowest BCUT2D eigenvalue weighted by Crippen LogP contribution is -2.31. The zero-order valence-corrected chi connectivity index (χ0v) is 30.2. The molecule has 0 saturated heterocycles. The summed E-state index contributed by atoms with van der Waals surface area (Å²) >= 11 is 0. The van der Waals surface area contributed by atoms with Crippen molar-refractivity contribution >= 4 is 11.9 Å². The summed E-state index contributed by atoms with van der Waals surface area (Å²) in [5, 5.41) is 0. The standard InChI is InChI=1S/C40H77NO3/c1-4-6-8-10-12-14-16-18-20-22-24-26-28-30-32-34-38-41-40(3,36-43-38)37-44-39(42)35-33-31-29-27-25-23-21-19-17-15-13-11-9-7-5-2/h4-37H2,1-3H3. The zero-order chi connectivity index (χ0) is 31.8. The molecule has 1 heterocycles. The highest BCUT2D eigenvalue weighted by molar-refractivity contribution is 5.78. The van der Waals surface area contributed by atoms with Crippen LogP contribution in [0.2, 0.25) is 0 Å². The Labute approximate surface area is 275 Å². The number of unbranched alkanes of at least 4 members (excludes halogenated alkanes) is 28. The van der Waals surface area contributed by atoms with Gasteiger partial charge in [-0.25, -0.2) is 4.99 Å². The Bertz CT molecular complexity index is 663. The first-order chi connectivity index (χ1) is 21.6. The number of carbonyl (C=O) groups excluding carboxylic acids is 1. The van der Waals surface area contributed by atoms with E-state index in [9.17, 15) is 4.79 Å². The van der Waals surface area contributed by atoms with Crippen LogP contribution >= 0.6 is 0 Å². The Morgan fingerprint density at radius 3 is 1.30 bits per heavy atom. The highest BCUT2D eigenvalue weighted by atomic mass is 16.5. The highest BCUT2D eigenvalue weighted by Crippen LogP contribution is 2.22. The third kappa shape index (κ3) is 26.2. The van der Waals surface area contributed by atoms with Gasteiger partial charge in [0.05, 0.1) is 0 Å². The quantitative estimate of drug-likeness (QED) is 0.0532. The lowest BCUT2D eigenvalue weighted by Gasteiger charge is -2.17. The topological polar surface area (TPSA) is 47.9 Å². The Kier molecular flexibility index (Phi) is 28.5.